The van der Waals surface area contributed by atoms with Crippen LogP contribution in [0.4, 0.5) is 0 Å². The maximum absolute atomic E-state index is 12.3. The maximum atomic E-state index is 12.3. The minimum atomic E-state index is -0.250. The molecule has 1 aliphatic rings. The van der Waals surface area contributed by atoms with Crippen LogP contribution in [0.25, 0.3) is 0 Å². The van der Waals surface area contributed by atoms with E-state index in [1.165, 1.54) is 0 Å². The number of rotatable bonds is 6. The van der Waals surface area contributed by atoms with Crippen molar-refractivity contribution in [2.45, 2.75) is 25.8 Å². The highest BCUT2D eigenvalue weighted by atomic mass is 35.5. The Morgan fingerprint density at radius 2 is 2.05 bits per heavy atom. The van der Waals surface area contributed by atoms with Crippen molar-refractivity contribution in [1.29, 1.82) is 0 Å². The number of hydrogen-bond acceptors (Lipinski definition) is 3. The molecule has 1 aromatic heterocycles. The van der Waals surface area contributed by atoms with Crippen LogP contribution in [0.1, 0.15) is 35.2 Å². The number of carbonyl (C=O) groups is 2. The first-order valence-electron chi connectivity index (χ1n) is 7.06. The number of hydrogen-bond donors (Lipinski definition) is 0. The Balaban J connectivity index is 1.85. The van der Waals surface area contributed by atoms with Gasteiger partial charge < -0.3 is 0 Å². The SMILES string of the molecule is O=C(CC(=O)C1CC1)c1ccc(Cl)c(Cn2cccn2)c1Cl. The lowest BCUT2D eigenvalue weighted by Gasteiger charge is -2.11. The highest BCUT2D eigenvalue weighted by Crippen LogP contribution is 2.33. The molecular weight excluding hydrogens is 323 g/mol. The fraction of sp³-hybridized carbons (Fsp3) is 0.312. The van der Waals surface area contributed by atoms with Gasteiger partial charge in [0.2, 0.25) is 0 Å². The molecule has 0 unspecified atom stereocenters. The van der Waals surface area contributed by atoms with Gasteiger partial charge in [0.15, 0.2) is 5.78 Å². The third kappa shape index (κ3) is 3.23. The van der Waals surface area contributed by atoms with Crippen molar-refractivity contribution < 1.29 is 9.59 Å². The quantitative estimate of drug-likeness (QED) is 0.595. The molecule has 0 bridgehead atoms. The highest BCUT2D eigenvalue weighted by molar-refractivity contribution is 6.38. The van der Waals surface area contributed by atoms with E-state index in [1.807, 2.05) is 0 Å². The summed E-state index contributed by atoms with van der Waals surface area (Å²) >= 11 is 12.5. The molecule has 1 fully saturated rings. The first-order valence-corrected chi connectivity index (χ1v) is 7.82. The van der Waals surface area contributed by atoms with E-state index in [0.717, 1.165) is 12.8 Å². The van der Waals surface area contributed by atoms with Crippen molar-refractivity contribution in [3.63, 3.8) is 0 Å². The smallest absolute Gasteiger partial charge is 0.171 e. The van der Waals surface area contributed by atoms with Gasteiger partial charge in [0.1, 0.15) is 5.78 Å². The van der Waals surface area contributed by atoms with E-state index in [1.54, 1.807) is 35.3 Å². The van der Waals surface area contributed by atoms with Gasteiger partial charge in [-0.15, -0.1) is 0 Å². The average Bonchev–Trinajstić information content (AvgIpc) is 3.21. The molecule has 1 saturated carbocycles. The number of halogens is 2. The van der Waals surface area contributed by atoms with Crippen LogP contribution in [0.15, 0.2) is 30.6 Å². The zero-order chi connectivity index (χ0) is 15.7. The summed E-state index contributed by atoms with van der Waals surface area (Å²) in [6.07, 6.45) is 5.14. The highest BCUT2D eigenvalue weighted by Gasteiger charge is 2.31. The molecule has 0 atom stereocenters. The number of carbonyl (C=O) groups excluding carboxylic acids is 2. The lowest BCUT2D eigenvalue weighted by Crippen LogP contribution is -2.11. The largest absolute Gasteiger partial charge is 0.299 e. The van der Waals surface area contributed by atoms with Gasteiger partial charge in [0, 0.05) is 34.5 Å². The maximum Gasteiger partial charge on any atom is 0.171 e. The van der Waals surface area contributed by atoms with Crippen LogP contribution in [0, 0.1) is 5.92 Å². The molecule has 2 aromatic rings. The minimum absolute atomic E-state index is 0.00430. The summed E-state index contributed by atoms with van der Waals surface area (Å²) in [4.78, 5) is 24.1. The standard InChI is InChI=1S/C16H14Cl2N2O2/c17-13-5-4-11(15(22)8-14(21)10-2-3-10)16(18)12(13)9-20-7-1-6-19-20/h1,4-7,10H,2-3,8-9H2. The van der Waals surface area contributed by atoms with Gasteiger partial charge in [-0.2, -0.15) is 5.10 Å². The Hall–Kier alpha value is -1.65. The Morgan fingerprint density at radius 3 is 2.68 bits per heavy atom. The lowest BCUT2D eigenvalue weighted by atomic mass is 10.0. The van der Waals surface area contributed by atoms with E-state index in [9.17, 15) is 9.59 Å². The van der Waals surface area contributed by atoms with Gasteiger partial charge in [0.05, 0.1) is 18.0 Å². The second kappa shape index (κ2) is 6.23. The molecule has 1 aliphatic carbocycles. The fourth-order valence-electron chi connectivity index (χ4n) is 2.32. The Labute approximate surface area is 138 Å². The molecular formula is C16H14Cl2N2O2. The summed E-state index contributed by atoms with van der Waals surface area (Å²) < 4.78 is 1.68. The van der Waals surface area contributed by atoms with Crippen LogP contribution in [-0.2, 0) is 11.3 Å². The van der Waals surface area contributed by atoms with E-state index >= 15 is 0 Å². The predicted molar refractivity (Wildman–Crippen MR) is 84.5 cm³/mol. The molecule has 6 heteroatoms. The Kier molecular flexibility index (Phi) is 4.32. The minimum Gasteiger partial charge on any atom is -0.299 e. The summed E-state index contributed by atoms with van der Waals surface area (Å²) in [5.74, 6) is -0.177. The number of benzene rings is 1. The van der Waals surface area contributed by atoms with Crippen LogP contribution in [0.3, 0.4) is 0 Å². The van der Waals surface area contributed by atoms with Crippen molar-refractivity contribution >= 4 is 34.8 Å². The molecule has 4 nitrogen and oxygen atoms in total. The summed E-state index contributed by atoms with van der Waals surface area (Å²) in [6.45, 7) is 0.377. The van der Waals surface area contributed by atoms with Crippen LogP contribution in [-0.4, -0.2) is 21.3 Å². The summed E-state index contributed by atoms with van der Waals surface area (Å²) in [6, 6.07) is 5.02. The van der Waals surface area contributed by atoms with Crippen LogP contribution in [0.2, 0.25) is 10.0 Å². The zero-order valence-electron chi connectivity index (χ0n) is 11.8. The summed E-state index contributed by atoms with van der Waals surface area (Å²) in [7, 11) is 0. The van der Waals surface area contributed by atoms with Gasteiger partial charge in [-0.25, -0.2) is 0 Å². The average molecular weight is 337 g/mol. The van der Waals surface area contributed by atoms with Gasteiger partial charge >= 0.3 is 0 Å². The molecule has 0 amide bonds. The van der Waals surface area contributed by atoms with Crippen LogP contribution in [0.5, 0.6) is 0 Å². The van der Waals surface area contributed by atoms with Gasteiger partial charge in [-0.3, -0.25) is 14.3 Å². The third-order valence-corrected chi connectivity index (χ3v) is 4.52. The normalized spacial score (nSPS) is 14.1. The van der Waals surface area contributed by atoms with Gasteiger partial charge in [0.25, 0.3) is 0 Å². The van der Waals surface area contributed by atoms with E-state index in [0.29, 0.717) is 27.7 Å². The molecule has 1 heterocycles. The van der Waals surface area contributed by atoms with Gasteiger partial charge in [-0.1, -0.05) is 23.2 Å². The first kappa shape index (κ1) is 15.3. The van der Waals surface area contributed by atoms with Crippen molar-refractivity contribution in [2.24, 2.45) is 5.92 Å². The van der Waals surface area contributed by atoms with Crippen LogP contribution < -0.4 is 0 Å². The van der Waals surface area contributed by atoms with Crippen molar-refractivity contribution in [1.82, 2.24) is 9.78 Å². The molecule has 22 heavy (non-hydrogen) atoms. The molecule has 0 saturated heterocycles. The topological polar surface area (TPSA) is 52.0 Å². The number of nitrogens with zero attached hydrogens (tertiary/aromatic N) is 2. The number of ketones is 2. The molecule has 0 radical (unpaired) electrons. The van der Waals surface area contributed by atoms with Crippen molar-refractivity contribution in [3.05, 3.63) is 51.8 Å². The number of aromatic nitrogens is 2. The molecule has 0 aliphatic heterocycles. The molecule has 114 valence electrons. The van der Waals surface area contributed by atoms with E-state index < -0.39 is 0 Å². The van der Waals surface area contributed by atoms with Crippen molar-refractivity contribution in [3.8, 4) is 0 Å². The van der Waals surface area contributed by atoms with Crippen LogP contribution >= 0.6 is 23.2 Å². The number of Topliss-reactive ketones (excluding diaryl/α,β-unsaturated/α-hetero) is 2. The third-order valence-electron chi connectivity index (χ3n) is 3.73. The van der Waals surface area contributed by atoms with Gasteiger partial charge in [-0.05, 0) is 31.0 Å². The molecule has 0 spiro atoms. The van der Waals surface area contributed by atoms with E-state index in [4.69, 9.17) is 23.2 Å². The molecule has 3 rings (SSSR count). The fourth-order valence-corrected chi connectivity index (χ4v) is 2.91. The Bertz CT molecular complexity index is 722. The first-order chi connectivity index (χ1) is 10.6. The zero-order valence-corrected chi connectivity index (χ0v) is 13.3. The van der Waals surface area contributed by atoms with E-state index in [-0.39, 0.29) is 23.9 Å². The lowest BCUT2D eigenvalue weighted by molar-refractivity contribution is -0.119. The van der Waals surface area contributed by atoms with Crippen molar-refractivity contribution in [2.75, 3.05) is 0 Å². The predicted octanol–water partition coefficient (Wildman–Crippen LogP) is 3.79. The Morgan fingerprint density at radius 1 is 1.27 bits per heavy atom. The monoisotopic (exact) mass is 336 g/mol. The summed E-state index contributed by atoms with van der Waals surface area (Å²) in [5.41, 5.74) is 0.985. The summed E-state index contributed by atoms with van der Waals surface area (Å²) in [5, 5.41) is 4.89. The second-order valence-electron chi connectivity index (χ2n) is 5.43. The van der Waals surface area contributed by atoms with E-state index in [2.05, 4.69) is 5.10 Å². The molecule has 1 aromatic carbocycles. The molecule has 0 N–H and O–H groups in total. The second-order valence-corrected chi connectivity index (χ2v) is 6.22.